The van der Waals surface area contributed by atoms with Crippen LogP contribution in [0.1, 0.15) is 22.9 Å². The molecule has 0 spiro atoms. The van der Waals surface area contributed by atoms with Crippen molar-refractivity contribution in [2.24, 2.45) is 5.73 Å². The molecule has 1 aromatic carbocycles. The Hall–Kier alpha value is -1.65. The van der Waals surface area contributed by atoms with E-state index in [1.165, 1.54) is 6.07 Å². The maximum Gasteiger partial charge on any atom is 0.126 e. The number of nitrogens with two attached hydrogens (primary N) is 1. The molecule has 0 radical (unpaired) electrons. The normalized spacial score (nSPS) is 12.9. The first-order valence-electron chi connectivity index (χ1n) is 6.30. The Morgan fingerprint density at radius 3 is 2.74 bits per heavy atom. The van der Waals surface area contributed by atoms with Crippen molar-refractivity contribution in [2.75, 3.05) is 13.6 Å². The summed E-state index contributed by atoms with van der Waals surface area (Å²) in [4.78, 5) is 2.10. The van der Waals surface area contributed by atoms with Gasteiger partial charge in [0.05, 0.1) is 12.8 Å². The fourth-order valence-corrected chi connectivity index (χ4v) is 2.20. The number of likely N-dealkylation sites (N-methyl/N-ethyl adjacent to an activating group) is 1. The van der Waals surface area contributed by atoms with Crippen molar-refractivity contribution in [1.29, 1.82) is 0 Å². The summed E-state index contributed by atoms with van der Waals surface area (Å²) in [6.07, 6.45) is 1.66. The lowest BCUT2D eigenvalue weighted by Crippen LogP contribution is -2.30. The number of furan rings is 1. The minimum atomic E-state index is -0.187. The van der Waals surface area contributed by atoms with Gasteiger partial charge in [-0.2, -0.15) is 0 Å². The van der Waals surface area contributed by atoms with Crippen molar-refractivity contribution in [2.45, 2.75) is 19.5 Å². The zero-order chi connectivity index (χ0) is 13.8. The van der Waals surface area contributed by atoms with Crippen molar-refractivity contribution < 1.29 is 8.81 Å². The van der Waals surface area contributed by atoms with Gasteiger partial charge in [-0.3, -0.25) is 4.90 Å². The van der Waals surface area contributed by atoms with Crippen molar-refractivity contribution in [3.8, 4) is 0 Å². The molecule has 4 heteroatoms. The summed E-state index contributed by atoms with van der Waals surface area (Å²) in [5, 5.41) is 0. The second kappa shape index (κ2) is 5.99. The van der Waals surface area contributed by atoms with Crippen molar-refractivity contribution in [1.82, 2.24) is 4.90 Å². The van der Waals surface area contributed by atoms with Crippen LogP contribution < -0.4 is 5.73 Å². The molecule has 2 aromatic rings. The lowest BCUT2D eigenvalue weighted by molar-refractivity contribution is 0.223. The molecular weight excluding hydrogens is 243 g/mol. The van der Waals surface area contributed by atoms with Crippen LogP contribution in [0.5, 0.6) is 0 Å². The van der Waals surface area contributed by atoms with E-state index in [0.717, 1.165) is 11.3 Å². The van der Waals surface area contributed by atoms with Crippen LogP contribution in [-0.2, 0) is 6.54 Å². The van der Waals surface area contributed by atoms with E-state index in [1.54, 1.807) is 19.3 Å². The number of hydrogen-bond acceptors (Lipinski definition) is 3. The molecule has 0 saturated heterocycles. The van der Waals surface area contributed by atoms with E-state index in [2.05, 4.69) is 4.90 Å². The monoisotopic (exact) mass is 262 g/mol. The average molecular weight is 262 g/mol. The second-order valence-corrected chi connectivity index (χ2v) is 4.75. The van der Waals surface area contributed by atoms with Gasteiger partial charge in [0.1, 0.15) is 11.6 Å². The molecule has 0 amide bonds. The number of rotatable bonds is 5. The molecule has 1 unspecified atom stereocenters. The number of halogens is 1. The molecule has 0 fully saturated rings. The zero-order valence-electron chi connectivity index (χ0n) is 11.3. The van der Waals surface area contributed by atoms with Gasteiger partial charge in [-0.1, -0.05) is 12.1 Å². The van der Waals surface area contributed by atoms with Gasteiger partial charge in [0, 0.05) is 12.6 Å². The second-order valence-electron chi connectivity index (χ2n) is 4.75. The first-order valence-corrected chi connectivity index (χ1v) is 6.30. The summed E-state index contributed by atoms with van der Waals surface area (Å²) in [6.45, 7) is 2.91. The predicted molar refractivity (Wildman–Crippen MR) is 73.1 cm³/mol. The molecule has 1 heterocycles. The minimum Gasteiger partial charge on any atom is -0.468 e. The summed E-state index contributed by atoms with van der Waals surface area (Å²) in [7, 11) is 1.98. The molecule has 0 saturated carbocycles. The molecule has 3 nitrogen and oxygen atoms in total. The van der Waals surface area contributed by atoms with Crippen LogP contribution in [-0.4, -0.2) is 18.5 Å². The molecule has 1 aromatic heterocycles. The van der Waals surface area contributed by atoms with Gasteiger partial charge < -0.3 is 10.2 Å². The highest BCUT2D eigenvalue weighted by molar-refractivity contribution is 5.27. The van der Waals surface area contributed by atoms with Gasteiger partial charge in [-0.25, -0.2) is 4.39 Å². The van der Waals surface area contributed by atoms with Crippen LogP contribution >= 0.6 is 0 Å². The van der Waals surface area contributed by atoms with E-state index >= 15 is 0 Å². The smallest absolute Gasteiger partial charge is 0.126 e. The molecule has 102 valence electrons. The highest BCUT2D eigenvalue weighted by Gasteiger charge is 2.17. The molecule has 0 aliphatic rings. The largest absolute Gasteiger partial charge is 0.468 e. The third-order valence-corrected chi connectivity index (χ3v) is 3.31. The molecule has 2 rings (SSSR count). The first-order chi connectivity index (χ1) is 9.11. The fourth-order valence-electron chi connectivity index (χ4n) is 2.20. The highest BCUT2D eigenvalue weighted by atomic mass is 19.1. The van der Waals surface area contributed by atoms with E-state index in [-0.39, 0.29) is 11.9 Å². The Morgan fingerprint density at radius 2 is 2.16 bits per heavy atom. The van der Waals surface area contributed by atoms with E-state index in [4.69, 9.17) is 10.2 Å². The zero-order valence-corrected chi connectivity index (χ0v) is 11.3. The first kappa shape index (κ1) is 13.8. The SMILES string of the molecule is Cc1cc(C(CN)N(C)Cc2ccco2)ccc1F. The molecule has 0 aliphatic carbocycles. The van der Waals surface area contributed by atoms with E-state index < -0.39 is 0 Å². The van der Waals surface area contributed by atoms with Crippen molar-refractivity contribution >= 4 is 0 Å². The Labute approximate surface area is 112 Å². The maximum atomic E-state index is 13.3. The molecule has 1 atom stereocenters. The molecule has 0 bridgehead atoms. The van der Waals surface area contributed by atoms with Crippen LogP contribution in [0, 0.1) is 12.7 Å². The lowest BCUT2D eigenvalue weighted by Gasteiger charge is -2.26. The quantitative estimate of drug-likeness (QED) is 0.901. The Morgan fingerprint density at radius 1 is 1.37 bits per heavy atom. The number of benzene rings is 1. The summed E-state index contributed by atoms with van der Waals surface area (Å²) >= 11 is 0. The van der Waals surface area contributed by atoms with Crippen LogP contribution in [0.2, 0.25) is 0 Å². The molecule has 19 heavy (non-hydrogen) atoms. The molecule has 0 aliphatic heterocycles. The number of aryl methyl sites for hydroxylation is 1. The van der Waals surface area contributed by atoms with Gasteiger partial charge in [0.15, 0.2) is 0 Å². The van der Waals surface area contributed by atoms with Crippen LogP contribution in [0.25, 0.3) is 0 Å². The number of hydrogen-bond donors (Lipinski definition) is 1. The summed E-state index contributed by atoms with van der Waals surface area (Å²) < 4.78 is 18.6. The van der Waals surface area contributed by atoms with Gasteiger partial charge in [-0.05, 0) is 43.3 Å². The van der Waals surface area contributed by atoms with E-state index in [0.29, 0.717) is 18.7 Å². The maximum absolute atomic E-state index is 13.3. The molecule has 2 N–H and O–H groups in total. The third-order valence-electron chi connectivity index (χ3n) is 3.31. The summed E-state index contributed by atoms with van der Waals surface area (Å²) in [6, 6.07) is 8.98. The van der Waals surface area contributed by atoms with Crippen LogP contribution in [0.4, 0.5) is 4.39 Å². The lowest BCUT2D eigenvalue weighted by atomic mass is 10.0. The average Bonchev–Trinajstić information content (AvgIpc) is 2.87. The van der Waals surface area contributed by atoms with E-state index in [1.807, 2.05) is 25.2 Å². The van der Waals surface area contributed by atoms with Gasteiger partial charge in [-0.15, -0.1) is 0 Å². The standard InChI is InChI=1S/C15H19FN2O/c1-11-8-12(5-6-14(11)16)15(9-17)18(2)10-13-4-3-7-19-13/h3-8,15H,9-10,17H2,1-2H3. The van der Waals surface area contributed by atoms with E-state index in [9.17, 15) is 4.39 Å². The molecular formula is C15H19FN2O. The van der Waals surface area contributed by atoms with Gasteiger partial charge >= 0.3 is 0 Å². The fraction of sp³-hybridized carbons (Fsp3) is 0.333. The Kier molecular flexibility index (Phi) is 4.35. The third kappa shape index (κ3) is 3.22. The number of nitrogens with zero attached hydrogens (tertiary/aromatic N) is 1. The van der Waals surface area contributed by atoms with Crippen molar-refractivity contribution in [3.63, 3.8) is 0 Å². The minimum absolute atomic E-state index is 0.0457. The summed E-state index contributed by atoms with van der Waals surface area (Å²) in [5.41, 5.74) is 7.52. The predicted octanol–water partition coefficient (Wildman–Crippen LogP) is 2.86. The van der Waals surface area contributed by atoms with Crippen LogP contribution in [0.3, 0.4) is 0 Å². The Bertz CT molecular complexity index is 525. The van der Waals surface area contributed by atoms with Crippen molar-refractivity contribution in [3.05, 3.63) is 59.3 Å². The van der Waals surface area contributed by atoms with Crippen LogP contribution in [0.15, 0.2) is 41.0 Å². The van der Waals surface area contributed by atoms with Gasteiger partial charge in [0.25, 0.3) is 0 Å². The van der Waals surface area contributed by atoms with Gasteiger partial charge in [0.2, 0.25) is 0 Å². The topological polar surface area (TPSA) is 42.4 Å². The highest BCUT2D eigenvalue weighted by Crippen LogP contribution is 2.22. The Balaban J connectivity index is 2.16. The summed E-state index contributed by atoms with van der Waals surface area (Å²) in [5.74, 6) is 0.702.